The van der Waals surface area contributed by atoms with Gasteiger partial charge in [-0.1, -0.05) is 44.2 Å². The molecule has 0 bridgehead atoms. The van der Waals surface area contributed by atoms with Gasteiger partial charge < -0.3 is 5.32 Å². The minimum atomic E-state index is -0.403. The largest absolute Gasteiger partial charge is 0.325 e. The summed E-state index contributed by atoms with van der Waals surface area (Å²) < 4.78 is 0. The van der Waals surface area contributed by atoms with Crippen molar-refractivity contribution in [3.05, 3.63) is 69.8 Å². The van der Waals surface area contributed by atoms with E-state index >= 15 is 0 Å². The molecule has 2 rings (SSSR count). The van der Waals surface area contributed by atoms with E-state index in [1.54, 1.807) is 12.1 Å². The van der Waals surface area contributed by atoms with Crippen LogP contribution in [0.2, 0.25) is 0 Å². The Balaban J connectivity index is 1.97. The third kappa shape index (κ3) is 5.33. The minimum absolute atomic E-state index is 0.00883. The molecule has 0 aliphatic heterocycles. The molecule has 0 saturated carbocycles. The number of anilines is 1. The lowest BCUT2D eigenvalue weighted by Crippen LogP contribution is -2.16. The predicted octanol–water partition coefficient (Wildman–Crippen LogP) is 5.54. The quantitative estimate of drug-likeness (QED) is 0.488. The van der Waals surface area contributed by atoms with E-state index in [0.29, 0.717) is 11.7 Å². The summed E-state index contributed by atoms with van der Waals surface area (Å²) in [7, 11) is 0. The molecule has 0 heterocycles. The van der Waals surface area contributed by atoms with Gasteiger partial charge >= 0.3 is 0 Å². The van der Waals surface area contributed by atoms with Crippen LogP contribution in [0.15, 0.2) is 48.5 Å². The van der Waals surface area contributed by atoms with E-state index in [-0.39, 0.29) is 16.8 Å². The number of nitrogens with zero attached hydrogens (tertiary/aromatic N) is 1. The van der Waals surface area contributed by atoms with Gasteiger partial charge in [-0.05, 0) is 36.5 Å². The molecular formula is C20H24N2O3S. The second kappa shape index (κ2) is 9.38. The fourth-order valence-corrected chi connectivity index (χ4v) is 3.45. The van der Waals surface area contributed by atoms with Gasteiger partial charge in [0.2, 0.25) is 5.91 Å². The van der Waals surface area contributed by atoms with E-state index in [2.05, 4.69) is 19.2 Å². The first-order valence-electron chi connectivity index (χ1n) is 8.67. The fraction of sp³-hybridized carbons (Fsp3) is 0.350. The van der Waals surface area contributed by atoms with E-state index in [0.717, 1.165) is 23.2 Å². The number of rotatable bonds is 8. The molecular weight excluding hydrogens is 348 g/mol. The smallest absolute Gasteiger partial charge is 0.269 e. The van der Waals surface area contributed by atoms with Gasteiger partial charge in [-0.2, -0.15) is 0 Å². The lowest BCUT2D eigenvalue weighted by molar-refractivity contribution is -0.384. The summed E-state index contributed by atoms with van der Waals surface area (Å²) in [6.45, 7) is 6.22. The Kier molecular flexibility index (Phi) is 7.21. The zero-order valence-corrected chi connectivity index (χ0v) is 16.1. The summed E-state index contributed by atoms with van der Waals surface area (Å²) >= 11 is 1.46. The number of nitro groups is 1. The fourth-order valence-electron chi connectivity index (χ4n) is 2.63. The number of non-ortho nitro benzene ring substituents is 1. The molecule has 0 aromatic heterocycles. The topological polar surface area (TPSA) is 72.2 Å². The zero-order chi connectivity index (χ0) is 19.1. The van der Waals surface area contributed by atoms with Crippen LogP contribution in [0.4, 0.5) is 11.4 Å². The van der Waals surface area contributed by atoms with Crippen LogP contribution < -0.4 is 5.32 Å². The van der Waals surface area contributed by atoms with Crippen molar-refractivity contribution in [2.45, 2.75) is 38.4 Å². The molecule has 0 fully saturated rings. The van der Waals surface area contributed by atoms with E-state index in [1.807, 2.05) is 37.3 Å². The normalized spacial score (nSPS) is 13.0. The number of thioether (sulfide) groups is 1. The average Bonchev–Trinajstić information content (AvgIpc) is 2.66. The Bertz CT molecular complexity index is 779. The standard InChI is InChI=1S/C20H24N2O3S/c1-4-14(2)18-10-5-6-11-19(18)21-20(23)13-26-15(3)16-8-7-9-17(12-16)22(24)25/h5-12,14-15H,4,13H2,1-3H3,(H,21,23)/t14-,15+/m1/s1. The van der Waals surface area contributed by atoms with Crippen molar-refractivity contribution in [3.63, 3.8) is 0 Å². The number of nitrogens with one attached hydrogen (secondary N) is 1. The van der Waals surface area contributed by atoms with Crippen LogP contribution in [-0.4, -0.2) is 16.6 Å². The molecule has 2 aromatic carbocycles. The van der Waals surface area contributed by atoms with Crippen LogP contribution in [0.5, 0.6) is 0 Å². The number of hydrogen-bond donors (Lipinski definition) is 1. The maximum Gasteiger partial charge on any atom is 0.269 e. The van der Waals surface area contributed by atoms with Crippen LogP contribution in [0.25, 0.3) is 0 Å². The highest BCUT2D eigenvalue weighted by Gasteiger charge is 2.15. The second-order valence-electron chi connectivity index (χ2n) is 6.25. The zero-order valence-electron chi connectivity index (χ0n) is 15.3. The minimum Gasteiger partial charge on any atom is -0.325 e. The molecule has 0 spiro atoms. The summed E-state index contributed by atoms with van der Waals surface area (Å²) in [5, 5.41) is 13.9. The van der Waals surface area contributed by atoms with Crippen LogP contribution in [0.3, 0.4) is 0 Å². The number of hydrogen-bond acceptors (Lipinski definition) is 4. The summed E-state index contributed by atoms with van der Waals surface area (Å²) in [4.78, 5) is 22.8. The maximum absolute atomic E-state index is 12.3. The van der Waals surface area contributed by atoms with Gasteiger partial charge in [-0.25, -0.2) is 0 Å². The highest BCUT2D eigenvalue weighted by molar-refractivity contribution is 8.00. The SMILES string of the molecule is CC[C@@H](C)c1ccccc1NC(=O)CS[C@@H](C)c1cccc([N+](=O)[O-])c1. The van der Waals surface area contributed by atoms with Crippen molar-refractivity contribution < 1.29 is 9.72 Å². The van der Waals surface area contributed by atoms with E-state index < -0.39 is 4.92 Å². The van der Waals surface area contributed by atoms with Gasteiger partial charge in [0, 0.05) is 23.1 Å². The Morgan fingerprint density at radius 2 is 1.92 bits per heavy atom. The lowest BCUT2D eigenvalue weighted by Gasteiger charge is -2.16. The van der Waals surface area contributed by atoms with Crippen LogP contribution in [0, 0.1) is 10.1 Å². The molecule has 0 unspecified atom stereocenters. The molecule has 0 saturated heterocycles. The number of amides is 1. The predicted molar refractivity (Wildman–Crippen MR) is 108 cm³/mol. The van der Waals surface area contributed by atoms with Crippen LogP contribution in [-0.2, 0) is 4.79 Å². The van der Waals surface area contributed by atoms with Crippen LogP contribution in [0.1, 0.15) is 49.5 Å². The van der Waals surface area contributed by atoms with Crippen molar-refractivity contribution in [3.8, 4) is 0 Å². The van der Waals surface area contributed by atoms with Crippen molar-refractivity contribution in [2.75, 3.05) is 11.1 Å². The first-order chi connectivity index (χ1) is 12.4. The summed E-state index contributed by atoms with van der Waals surface area (Å²) in [5.74, 6) is 0.601. The third-order valence-electron chi connectivity index (χ3n) is 4.39. The number of carbonyl (C=O) groups excluding carboxylic acids is 1. The Labute approximate surface area is 158 Å². The highest BCUT2D eigenvalue weighted by atomic mass is 32.2. The highest BCUT2D eigenvalue weighted by Crippen LogP contribution is 2.31. The molecule has 5 nitrogen and oxygen atoms in total. The first-order valence-corrected chi connectivity index (χ1v) is 9.72. The average molecular weight is 372 g/mol. The van der Waals surface area contributed by atoms with E-state index in [9.17, 15) is 14.9 Å². The molecule has 2 aromatic rings. The van der Waals surface area contributed by atoms with Crippen molar-refractivity contribution >= 4 is 29.0 Å². The number of benzene rings is 2. The molecule has 0 radical (unpaired) electrons. The molecule has 138 valence electrons. The number of para-hydroxylation sites is 1. The second-order valence-corrected chi connectivity index (χ2v) is 7.58. The Morgan fingerprint density at radius 3 is 2.62 bits per heavy atom. The van der Waals surface area contributed by atoms with E-state index in [4.69, 9.17) is 0 Å². The van der Waals surface area contributed by atoms with Gasteiger partial charge in [0.1, 0.15) is 0 Å². The third-order valence-corrected chi connectivity index (χ3v) is 5.59. The maximum atomic E-state index is 12.3. The Morgan fingerprint density at radius 1 is 1.19 bits per heavy atom. The molecule has 26 heavy (non-hydrogen) atoms. The van der Waals surface area contributed by atoms with Gasteiger partial charge in [-0.3, -0.25) is 14.9 Å². The van der Waals surface area contributed by atoms with Gasteiger partial charge in [-0.15, -0.1) is 11.8 Å². The van der Waals surface area contributed by atoms with Gasteiger partial charge in [0.15, 0.2) is 0 Å². The van der Waals surface area contributed by atoms with Crippen molar-refractivity contribution in [2.24, 2.45) is 0 Å². The first kappa shape index (κ1) is 20.0. The summed E-state index contributed by atoms with van der Waals surface area (Å²) in [6, 6.07) is 14.4. The molecule has 1 N–H and O–H groups in total. The van der Waals surface area contributed by atoms with E-state index in [1.165, 1.54) is 17.8 Å². The molecule has 1 amide bonds. The van der Waals surface area contributed by atoms with Gasteiger partial charge in [0.05, 0.1) is 10.7 Å². The van der Waals surface area contributed by atoms with Crippen LogP contribution >= 0.6 is 11.8 Å². The summed E-state index contributed by atoms with van der Waals surface area (Å²) in [6.07, 6.45) is 1.01. The molecule has 6 heteroatoms. The summed E-state index contributed by atoms with van der Waals surface area (Å²) in [5.41, 5.74) is 2.91. The number of nitro benzene ring substituents is 1. The van der Waals surface area contributed by atoms with Crippen molar-refractivity contribution in [1.29, 1.82) is 0 Å². The van der Waals surface area contributed by atoms with Gasteiger partial charge in [0.25, 0.3) is 5.69 Å². The number of carbonyl (C=O) groups is 1. The molecule has 0 aliphatic carbocycles. The monoisotopic (exact) mass is 372 g/mol. The van der Waals surface area contributed by atoms with Crippen molar-refractivity contribution in [1.82, 2.24) is 0 Å². The Hall–Kier alpha value is -2.34. The lowest BCUT2D eigenvalue weighted by atomic mass is 9.97. The molecule has 2 atom stereocenters. The molecule has 0 aliphatic rings.